The molecule has 56 valence electrons. The maximum absolute atomic E-state index is 4.11. The molecule has 0 aliphatic rings. The highest BCUT2D eigenvalue weighted by Crippen LogP contribution is 2.15. The molecule has 2 aromatic rings. The summed E-state index contributed by atoms with van der Waals surface area (Å²) in [6.45, 7) is 0. The smallest absolute Gasteiger partial charge is 0.210 e. The van der Waals surface area contributed by atoms with E-state index in [1.54, 1.807) is 17.2 Å². The molecule has 0 aliphatic heterocycles. The van der Waals surface area contributed by atoms with Gasteiger partial charge in [0.1, 0.15) is 6.33 Å². The fourth-order valence-electron chi connectivity index (χ4n) is 0.771. The van der Waals surface area contributed by atoms with Gasteiger partial charge in [-0.05, 0) is 0 Å². The SMILES string of the molecule is Cn1cnc(-c2nccs2)n1. The maximum Gasteiger partial charge on any atom is 0.210 e. The number of hydrogen-bond donors (Lipinski definition) is 0. The van der Waals surface area contributed by atoms with Crippen LogP contribution in [0.4, 0.5) is 0 Å². The number of aryl methyl sites for hydroxylation is 1. The Labute approximate surface area is 67.5 Å². The summed E-state index contributed by atoms with van der Waals surface area (Å²) < 4.78 is 1.66. The van der Waals surface area contributed by atoms with Crippen LogP contribution in [0.2, 0.25) is 0 Å². The van der Waals surface area contributed by atoms with E-state index in [0.29, 0.717) is 5.82 Å². The molecule has 2 heterocycles. The van der Waals surface area contributed by atoms with Gasteiger partial charge in [0.15, 0.2) is 5.01 Å². The molecule has 2 aromatic heterocycles. The van der Waals surface area contributed by atoms with Gasteiger partial charge in [-0.3, -0.25) is 4.68 Å². The van der Waals surface area contributed by atoms with Gasteiger partial charge in [0.2, 0.25) is 5.82 Å². The molecular weight excluding hydrogens is 160 g/mol. The molecule has 0 aromatic carbocycles. The third-order valence-electron chi connectivity index (χ3n) is 1.22. The molecule has 0 radical (unpaired) electrons. The first kappa shape index (κ1) is 6.48. The van der Waals surface area contributed by atoms with Gasteiger partial charge in [0.25, 0.3) is 0 Å². The molecule has 2 rings (SSSR count). The molecular formula is C6H6N4S. The lowest BCUT2D eigenvalue weighted by atomic mass is 10.7. The summed E-state index contributed by atoms with van der Waals surface area (Å²) in [6.07, 6.45) is 3.41. The predicted molar refractivity (Wildman–Crippen MR) is 42.1 cm³/mol. The molecule has 0 fully saturated rings. The van der Waals surface area contributed by atoms with Crippen molar-refractivity contribution in [1.82, 2.24) is 19.7 Å². The Kier molecular flexibility index (Phi) is 1.43. The highest BCUT2D eigenvalue weighted by Gasteiger charge is 2.03. The summed E-state index contributed by atoms with van der Waals surface area (Å²) in [5.74, 6) is 0.697. The van der Waals surface area contributed by atoms with Crippen molar-refractivity contribution in [3.05, 3.63) is 17.9 Å². The van der Waals surface area contributed by atoms with Gasteiger partial charge in [-0.2, -0.15) is 0 Å². The number of hydrogen-bond acceptors (Lipinski definition) is 4. The monoisotopic (exact) mass is 166 g/mol. The first-order valence-corrected chi connectivity index (χ1v) is 4.00. The van der Waals surface area contributed by atoms with E-state index in [9.17, 15) is 0 Å². The van der Waals surface area contributed by atoms with E-state index in [1.807, 2.05) is 12.4 Å². The van der Waals surface area contributed by atoms with Crippen LogP contribution in [0.25, 0.3) is 10.8 Å². The van der Waals surface area contributed by atoms with E-state index in [0.717, 1.165) is 5.01 Å². The zero-order valence-electron chi connectivity index (χ0n) is 5.93. The highest BCUT2D eigenvalue weighted by atomic mass is 32.1. The molecule has 5 heteroatoms. The molecule has 0 saturated heterocycles. The largest absolute Gasteiger partial charge is 0.255 e. The summed E-state index contributed by atoms with van der Waals surface area (Å²) in [6, 6.07) is 0. The maximum atomic E-state index is 4.11. The van der Waals surface area contributed by atoms with Crippen LogP contribution in [0.1, 0.15) is 0 Å². The minimum absolute atomic E-state index is 0.697. The Morgan fingerprint density at radius 3 is 2.91 bits per heavy atom. The number of thiazole rings is 1. The number of nitrogens with zero attached hydrogens (tertiary/aromatic N) is 4. The van der Waals surface area contributed by atoms with Crippen molar-refractivity contribution in [2.75, 3.05) is 0 Å². The molecule has 0 N–H and O–H groups in total. The van der Waals surface area contributed by atoms with Crippen molar-refractivity contribution in [1.29, 1.82) is 0 Å². The van der Waals surface area contributed by atoms with Gasteiger partial charge in [-0.1, -0.05) is 0 Å². The van der Waals surface area contributed by atoms with Crippen molar-refractivity contribution in [3.63, 3.8) is 0 Å². The van der Waals surface area contributed by atoms with Crippen LogP contribution >= 0.6 is 11.3 Å². The van der Waals surface area contributed by atoms with Gasteiger partial charge >= 0.3 is 0 Å². The standard InChI is InChI=1S/C6H6N4S/c1-10-4-8-5(9-10)6-7-2-3-11-6/h2-4H,1H3. The number of aromatic nitrogens is 4. The molecule has 11 heavy (non-hydrogen) atoms. The molecule has 0 atom stereocenters. The topological polar surface area (TPSA) is 43.6 Å². The normalized spacial score (nSPS) is 10.3. The predicted octanol–water partition coefficient (Wildman–Crippen LogP) is 0.939. The van der Waals surface area contributed by atoms with Crippen LogP contribution < -0.4 is 0 Å². The van der Waals surface area contributed by atoms with Crippen molar-refractivity contribution < 1.29 is 0 Å². The van der Waals surface area contributed by atoms with Gasteiger partial charge in [0, 0.05) is 18.6 Å². The molecule has 0 aliphatic carbocycles. The van der Waals surface area contributed by atoms with Gasteiger partial charge in [-0.25, -0.2) is 9.97 Å². The quantitative estimate of drug-likeness (QED) is 0.633. The molecule has 0 bridgehead atoms. The van der Waals surface area contributed by atoms with Crippen molar-refractivity contribution in [2.24, 2.45) is 7.05 Å². The molecule has 4 nitrogen and oxygen atoms in total. The first-order valence-electron chi connectivity index (χ1n) is 3.12. The fourth-order valence-corrected chi connectivity index (χ4v) is 1.34. The Morgan fingerprint density at radius 1 is 1.45 bits per heavy atom. The minimum atomic E-state index is 0.697. The summed E-state index contributed by atoms with van der Waals surface area (Å²) in [4.78, 5) is 8.14. The Hall–Kier alpha value is -1.23. The van der Waals surface area contributed by atoms with Crippen LogP contribution in [0, 0.1) is 0 Å². The van der Waals surface area contributed by atoms with E-state index in [1.165, 1.54) is 11.3 Å². The van der Waals surface area contributed by atoms with Crippen LogP contribution in [0.3, 0.4) is 0 Å². The average molecular weight is 166 g/mol. The third-order valence-corrected chi connectivity index (χ3v) is 1.99. The number of rotatable bonds is 1. The van der Waals surface area contributed by atoms with Crippen LogP contribution in [0.15, 0.2) is 17.9 Å². The summed E-state index contributed by atoms with van der Waals surface area (Å²) in [5.41, 5.74) is 0. The zero-order valence-corrected chi connectivity index (χ0v) is 6.75. The second-order valence-electron chi connectivity index (χ2n) is 2.08. The minimum Gasteiger partial charge on any atom is -0.255 e. The average Bonchev–Trinajstić information content (AvgIpc) is 2.55. The Balaban J connectivity index is 2.45. The van der Waals surface area contributed by atoms with Gasteiger partial charge < -0.3 is 0 Å². The van der Waals surface area contributed by atoms with Crippen molar-refractivity contribution in [2.45, 2.75) is 0 Å². The zero-order chi connectivity index (χ0) is 7.68. The van der Waals surface area contributed by atoms with Crippen LogP contribution in [-0.2, 0) is 7.05 Å². The molecule has 0 spiro atoms. The summed E-state index contributed by atoms with van der Waals surface area (Å²) in [7, 11) is 1.84. The van der Waals surface area contributed by atoms with Crippen molar-refractivity contribution >= 4 is 11.3 Å². The van der Waals surface area contributed by atoms with Gasteiger partial charge in [-0.15, -0.1) is 16.4 Å². The van der Waals surface area contributed by atoms with Gasteiger partial charge in [0.05, 0.1) is 0 Å². The van der Waals surface area contributed by atoms with E-state index in [4.69, 9.17) is 0 Å². The fraction of sp³-hybridized carbons (Fsp3) is 0.167. The lowest BCUT2D eigenvalue weighted by molar-refractivity contribution is 0.768. The van der Waals surface area contributed by atoms with E-state index >= 15 is 0 Å². The summed E-state index contributed by atoms with van der Waals surface area (Å²) in [5, 5.41) is 6.88. The summed E-state index contributed by atoms with van der Waals surface area (Å²) >= 11 is 1.54. The van der Waals surface area contributed by atoms with E-state index < -0.39 is 0 Å². The first-order chi connectivity index (χ1) is 5.36. The lowest BCUT2D eigenvalue weighted by Crippen LogP contribution is -1.87. The van der Waals surface area contributed by atoms with Crippen LogP contribution in [-0.4, -0.2) is 19.7 Å². The van der Waals surface area contributed by atoms with E-state index in [-0.39, 0.29) is 0 Å². The Bertz CT molecular complexity index is 337. The van der Waals surface area contributed by atoms with Crippen molar-refractivity contribution in [3.8, 4) is 10.8 Å². The second-order valence-corrected chi connectivity index (χ2v) is 2.97. The second kappa shape index (κ2) is 2.43. The lowest BCUT2D eigenvalue weighted by Gasteiger charge is -1.83. The molecule has 0 amide bonds. The Morgan fingerprint density at radius 2 is 2.36 bits per heavy atom. The van der Waals surface area contributed by atoms with E-state index in [2.05, 4.69) is 15.1 Å². The molecule has 0 unspecified atom stereocenters. The third kappa shape index (κ3) is 1.14. The highest BCUT2D eigenvalue weighted by molar-refractivity contribution is 7.12. The van der Waals surface area contributed by atoms with Crippen LogP contribution in [0.5, 0.6) is 0 Å². The molecule has 0 saturated carbocycles.